The molecule has 3 aliphatic carbocycles. The number of H-pyrrole nitrogens is 1. The first-order valence-electron chi connectivity index (χ1n) is 10.1. The van der Waals surface area contributed by atoms with E-state index < -0.39 is 0 Å². The molecule has 0 unspecified atom stereocenters. The lowest BCUT2D eigenvalue weighted by Gasteiger charge is -2.29. The van der Waals surface area contributed by atoms with Gasteiger partial charge in [-0.1, -0.05) is 0 Å². The molecule has 0 aromatic carbocycles. The van der Waals surface area contributed by atoms with Crippen molar-refractivity contribution in [2.75, 3.05) is 0 Å². The molecule has 0 atom stereocenters. The van der Waals surface area contributed by atoms with Crippen molar-refractivity contribution in [2.24, 2.45) is 0 Å². The lowest BCUT2D eigenvalue weighted by Crippen LogP contribution is -2.39. The highest BCUT2D eigenvalue weighted by Gasteiger charge is 2.30. The first kappa shape index (κ1) is 16.7. The fourth-order valence-corrected chi connectivity index (χ4v) is 4.08. The van der Waals surface area contributed by atoms with Gasteiger partial charge in [0.15, 0.2) is 0 Å². The average Bonchev–Trinajstić information content (AvgIpc) is 3.62. The van der Waals surface area contributed by atoms with Crippen molar-refractivity contribution >= 4 is 5.91 Å². The van der Waals surface area contributed by atoms with Gasteiger partial charge < -0.3 is 5.32 Å². The zero-order valence-electron chi connectivity index (χ0n) is 15.4. The molecule has 2 aromatic rings. The van der Waals surface area contributed by atoms with Crippen LogP contribution in [0.4, 0.5) is 0 Å². The largest absolute Gasteiger partial charge is 0.348 e. The predicted octanol–water partition coefficient (Wildman–Crippen LogP) is 2.63. The highest BCUT2D eigenvalue weighted by atomic mass is 16.2. The van der Waals surface area contributed by atoms with Crippen molar-refractivity contribution in [1.82, 2.24) is 25.3 Å². The second kappa shape index (κ2) is 6.62. The fraction of sp³-hybridized carbons (Fsp3) is 0.600. The lowest BCUT2D eigenvalue weighted by atomic mass is 9.91. The van der Waals surface area contributed by atoms with Crippen LogP contribution >= 0.6 is 0 Å². The van der Waals surface area contributed by atoms with E-state index in [1.807, 2.05) is 12.1 Å². The van der Waals surface area contributed by atoms with E-state index in [2.05, 4.69) is 20.6 Å². The minimum atomic E-state index is -0.104. The van der Waals surface area contributed by atoms with E-state index in [9.17, 15) is 9.59 Å². The molecule has 7 nitrogen and oxygen atoms in total. The van der Waals surface area contributed by atoms with E-state index in [-0.39, 0.29) is 23.6 Å². The van der Waals surface area contributed by atoms with Crippen LogP contribution in [0.2, 0.25) is 0 Å². The van der Waals surface area contributed by atoms with Gasteiger partial charge in [-0.25, -0.2) is 4.68 Å². The number of hydrogen-bond donors (Lipinski definition) is 2. The Hall–Kier alpha value is -2.44. The molecule has 0 aliphatic heterocycles. The number of nitrogens with zero attached hydrogens (tertiary/aromatic N) is 3. The van der Waals surface area contributed by atoms with Gasteiger partial charge in [0.05, 0.1) is 11.7 Å². The molecule has 5 rings (SSSR count). The van der Waals surface area contributed by atoms with Crippen LogP contribution in [0.1, 0.15) is 91.1 Å². The first-order valence-corrected chi connectivity index (χ1v) is 10.1. The standard InChI is InChI=1S/C20H25N5O2/c26-19-10-9-16(12-1-2-12)24-25(19)15-7-5-14(6-8-15)21-20(27)18-11-17(22-23-18)13-3-4-13/h9-15H,1-8H2,(H,21,27)(H,22,23). The minimum absolute atomic E-state index is 0.0176. The van der Waals surface area contributed by atoms with Gasteiger partial charge in [0.25, 0.3) is 11.5 Å². The number of nitrogens with one attached hydrogen (secondary N) is 2. The zero-order valence-corrected chi connectivity index (χ0v) is 15.4. The summed E-state index contributed by atoms with van der Waals surface area (Å²) in [4.78, 5) is 24.7. The molecule has 0 saturated heterocycles. The summed E-state index contributed by atoms with van der Waals surface area (Å²) in [7, 11) is 0. The van der Waals surface area contributed by atoms with Crippen molar-refractivity contribution in [3.8, 4) is 0 Å². The normalized spacial score (nSPS) is 25.3. The summed E-state index contributed by atoms with van der Waals surface area (Å²) < 4.78 is 1.68. The van der Waals surface area contributed by atoms with Gasteiger partial charge in [0.1, 0.15) is 5.69 Å². The summed E-state index contributed by atoms with van der Waals surface area (Å²) >= 11 is 0. The number of aromatic amines is 1. The third-order valence-corrected chi connectivity index (χ3v) is 6.07. The summed E-state index contributed by atoms with van der Waals surface area (Å²) in [6, 6.07) is 5.69. The molecular weight excluding hydrogens is 342 g/mol. The molecule has 0 spiro atoms. The van der Waals surface area contributed by atoms with Crippen LogP contribution in [0.15, 0.2) is 23.0 Å². The van der Waals surface area contributed by atoms with Crippen LogP contribution < -0.4 is 10.9 Å². The fourth-order valence-electron chi connectivity index (χ4n) is 4.08. The van der Waals surface area contributed by atoms with Gasteiger partial charge in [-0.3, -0.25) is 14.7 Å². The molecule has 3 fully saturated rings. The molecule has 2 aromatic heterocycles. The summed E-state index contributed by atoms with van der Waals surface area (Å²) in [5.74, 6) is 1.00. The van der Waals surface area contributed by atoms with E-state index in [4.69, 9.17) is 0 Å². The number of carbonyl (C=O) groups excluding carboxylic acids is 1. The molecule has 142 valence electrons. The molecular formula is C20H25N5O2. The molecule has 3 aliphatic rings. The second-order valence-corrected chi connectivity index (χ2v) is 8.28. The molecule has 3 saturated carbocycles. The van der Waals surface area contributed by atoms with Crippen LogP contribution in [0.5, 0.6) is 0 Å². The van der Waals surface area contributed by atoms with Gasteiger partial charge in [-0.05, 0) is 63.5 Å². The number of rotatable bonds is 5. The molecule has 0 radical (unpaired) electrons. The Morgan fingerprint density at radius 3 is 2.48 bits per heavy atom. The molecule has 1 amide bonds. The summed E-state index contributed by atoms with van der Waals surface area (Å²) in [6.45, 7) is 0. The molecule has 0 bridgehead atoms. The van der Waals surface area contributed by atoms with E-state index in [0.717, 1.165) is 37.1 Å². The number of amides is 1. The van der Waals surface area contributed by atoms with E-state index in [1.165, 1.54) is 25.7 Å². The Kier molecular flexibility index (Phi) is 4.10. The Morgan fingerprint density at radius 2 is 1.78 bits per heavy atom. The van der Waals surface area contributed by atoms with Gasteiger partial charge >= 0.3 is 0 Å². The van der Waals surface area contributed by atoms with Gasteiger partial charge in [-0.2, -0.15) is 10.2 Å². The molecule has 2 N–H and O–H groups in total. The number of aromatic nitrogens is 4. The number of hydrogen-bond acceptors (Lipinski definition) is 4. The maximum absolute atomic E-state index is 12.4. The van der Waals surface area contributed by atoms with Crippen molar-refractivity contribution < 1.29 is 4.79 Å². The topological polar surface area (TPSA) is 92.7 Å². The van der Waals surface area contributed by atoms with E-state index in [0.29, 0.717) is 17.5 Å². The first-order chi connectivity index (χ1) is 13.2. The highest BCUT2D eigenvalue weighted by Crippen LogP contribution is 2.39. The van der Waals surface area contributed by atoms with E-state index >= 15 is 0 Å². The maximum Gasteiger partial charge on any atom is 0.271 e. The summed E-state index contributed by atoms with van der Waals surface area (Å²) in [5.41, 5.74) is 2.59. The van der Waals surface area contributed by atoms with Crippen LogP contribution in [-0.4, -0.2) is 31.9 Å². The second-order valence-electron chi connectivity index (χ2n) is 8.28. The Bertz CT molecular complexity index is 901. The molecule has 7 heteroatoms. The monoisotopic (exact) mass is 367 g/mol. The van der Waals surface area contributed by atoms with Crippen molar-refractivity contribution in [3.05, 3.63) is 45.6 Å². The quantitative estimate of drug-likeness (QED) is 0.850. The molecule has 2 heterocycles. The average molecular weight is 367 g/mol. The van der Waals surface area contributed by atoms with Crippen LogP contribution in [-0.2, 0) is 0 Å². The third kappa shape index (κ3) is 3.55. The van der Waals surface area contributed by atoms with Gasteiger partial charge in [-0.15, -0.1) is 0 Å². The van der Waals surface area contributed by atoms with E-state index in [1.54, 1.807) is 10.7 Å². The SMILES string of the molecule is O=C(NC1CCC(n2nc(C3CC3)ccc2=O)CC1)c1cc(C2CC2)[nH]n1. The van der Waals surface area contributed by atoms with Gasteiger partial charge in [0, 0.05) is 29.6 Å². The van der Waals surface area contributed by atoms with Crippen LogP contribution in [0.3, 0.4) is 0 Å². The summed E-state index contributed by atoms with van der Waals surface area (Å²) in [5, 5.41) is 14.9. The minimum Gasteiger partial charge on any atom is -0.348 e. The van der Waals surface area contributed by atoms with Crippen LogP contribution in [0, 0.1) is 0 Å². The van der Waals surface area contributed by atoms with Crippen molar-refractivity contribution in [1.29, 1.82) is 0 Å². The smallest absolute Gasteiger partial charge is 0.271 e. The Balaban J connectivity index is 1.19. The molecule has 27 heavy (non-hydrogen) atoms. The van der Waals surface area contributed by atoms with Gasteiger partial charge in [0.2, 0.25) is 0 Å². The van der Waals surface area contributed by atoms with Crippen molar-refractivity contribution in [2.45, 2.75) is 75.3 Å². The zero-order chi connectivity index (χ0) is 18.4. The number of carbonyl (C=O) groups is 1. The third-order valence-electron chi connectivity index (χ3n) is 6.07. The summed E-state index contributed by atoms with van der Waals surface area (Å²) in [6.07, 6.45) is 8.17. The van der Waals surface area contributed by atoms with Crippen molar-refractivity contribution in [3.63, 3.8) is 0 Å². The Labute approximate surface area is 157 Å². The predicted molar refractivity (Wildman–Crippen MR) is 99.8 cm³/mol. The maximum atomic E-state index is 12.4. The van der Waals surface area contributed by atoms with Crippen LogP contribution in [0.25, 0.3) is 0 Å². The lowest BCUT2D eigenvalue weighted by molar-refractivity contribution is 0.0916. The highest BCUT2D eigenvalue weighted by molar-refractivity contribution is 5.92. The Morgan fingerprint density at radius 1 is 1.04 bits per heavy atom.